The molecule has 24 heavy (non-hydrogen) atoms. The van der Waals surface area contributed by atoms with Gasteiger partial charge in [0.25, 0.3) is 0 Å². The molecule has 1 aromatic carbocycles. The Kier molecular flexibility index (Phi) is 4.25. The predicted octanol–water partition coefficient (Wildman–Crippen LogP) is 3.85. The second kappa shape index (κ2) is 6.35. The molecule has 0 radical (unpaired) electrons. The Morgan fingerprint density at radius 2 is 2.12 bits per heavy atom. The number of alkyl halides is 3. The summed E-state index contributed by atoms with van der Waals surface area (Å²) in [6.45, 7) is 0. The Morgan fingerprint density at radius 3 is 2.79 bits per heavy atom. The third-order valence-corrected chi connectivity index (χ3v) is 3.67. The molecule has 0 aliphatic heterocycles. The summed E-state index contributed by atoms with van der Waals surface area (Å²) in [4.78, 5) is 0. The lowest BCUT2D eigenvalue weighted by Crippen LogP contribution is -2.16. The molecule has 2 aromatic rings. The van der Waals surface area contributed by atoms with E-state index in [0.29, 0.717) is 0 Å². The van der Waals surface area contributed by atoms with Crippen molar-refractivity contribution in [3.05, 3.63) is 41.6 Å². The number of benzene rings is 1. The summed E-state index contributed by atoms with van der Waals surface area (Å²) in [5.41, 5.74) is -0.669. The number of aromatic nitrogens is 3. The Balaban J connectivity index is 2.02. The molecule has 5 nitrogen and oxygen atoms in total. The number of nitrogens with zero attached hydrogens (tertiary/aromatic N) is 3. The first-order valence-electron chi connectivity index (χ1n) is 7.34. The van der Waals surface area contributed by atoms with Crippen LogP contribution < -0.4 is 4.74 Å². The summed E-state index contributed by atoms with van der Waals surface area (Å²) >= 11 is 0. The third kappa shape index (κ3) is 3.40. The smallest absolute Gasteiger partial charge is 0.416 e. The second-order valence-electron chi connectivity index (χ2n) is 5.41. The van der Waals surface area contributed by atoms with Crippen LogP contribution in [0.4, 0.5) is 13.2 Å². The van der Waals surface area contributed by atoms with Crippen LogP contribution in [0.15, 0.2) is 30.4 Å². The van der Waals surface area contributed by atoms with Crippen molar-refractivity contribution >= 4 is 0 Å². The molecule has 1 aromatic heterocycles. The summed E-state index contributed by atoms with van der Waals surface area (Å²) in [6, 6.07) is 5.15. The van der Waals surface area contributed by atoms with E-state index < -0.39 is 11.7 Å². The van der Waals surface area contributed by atoms with Gasteiger partial charge < -0.3 is 4.74 Å². The van der Waals surface area contributed by atoms with Crippen molar-refractivity contribution in [2.24, 2.45) is 0 Å². The average Bonchev–Trinajstić information content (AvgIpc) is 3.03. The molecule has 124 valence electrons. The van der Waals surface area contributed by atoms with Crippen molar-refractivity contribution in [3.63, 3.8) is 0 Å². The van der Waals surface area contributed by atoms with E-state index in [2.05, 4.69) is 15.4 Å². The summed E-state index contributed by atoms with van der Waals surface area (Å²) in [7, 11) is 0. The second-order valence-corrected chi connectivity index (χ2v) is 5.41. The molecular formula is C16H13F3N4O. The van der Waals surface area contributed by atoms with Crippen LogP contribution in [-0.2, 0) is 6.18 Å². The Bertz CT molecular complexity index is 804. The van der Waals surface area contributed by atoms with Crippen molar-refractivity contribution in [3.8, 4) is 23.1 Å². The monoisotopic (exact) mass is 334 g/mol. The molecule has 0 spiro atoms. The van der Waals surface area contributed by atoms with Crippen molar-refractivity contribution in [1.29, 1.82) is 5.26 Å². The molecule has 8 heteroatoms. The van der Waals surface area contributed by atoms with Crippen LogP contribution in [0, 0.1) is 11.3 Å². The van der Waals surface area contributed by atoms with Crippen LogP contribution in [0.1, 0.15) is 30.5 Å². The van der Waals surface area contributed by atoms with Gasteiger partial charge in [0.1, 0.15) is 23.6 Å². The summed E-state index contributed by atoms with van der Waals surface area (Å²) in [5, 5.41) is 18.5. The van der Waals surface area contributed by atoms with Crippen LogP contribution in [0.25, 0.3) is 11.3 Å². The molecule has 1 N–H and O–H groups in total. The fourth-order valence-corrected chi connectivity index (χ4v) is 2.53. The standard InChI is InChI=1S/C16H13F3N4O/c17-16(18,19)11-6-10(15-14(9-20)21-23-22-15)7-13(8-11)24-12-4-2-1-3-5-12/h2,4,6-8,12H,1,3,5H2,(H,21,22,23). The van der Waals surface area contributed by atoms with Crippen molar-refractivity contribution in [2.75, 3.05) is 0 Å². The molecular weight excluding hydrogens is 321 g/mol. The minimum atomic E-state index is -4.53. The molecule has 1 aliphatic carbocycles. The zero-order valence-corrected chi connectivity index (χ0v) is 12.5. The third-order valence-electron chi connectivity index (χ3n) is 3.67. The topological polar surface area (TPSA) is 74.6 Å². The summed E-state index contributed by atoms with van der Waals surface area (Å²) < 4.78 is 45.2. The van der Waals surface area contributed by atoms with Crippen molar-refractivity contribution in [1.82, 2.24) is 15.4 Å². The number of halogens is 3. The molecule has 0 saturated heterocycles. The maximum Gasteiger partial charge on any atom is 0.416 e. The number of aromatic amines is 1. The van der Waals surface area contributed by atoms with Gasteiger partial charge in [-0.1, -0.05) is 11.3 Å². The summed E-state index contributed by atoms with van der Waals surface area (Å²) in [6.07, 6.45) is 1.62. The SMILES string of the molecule is N#Cc1[nH]nnc1-c1cc(OC2C=CCCC2)cc(C(F)(F)F)c1. The minimum Gasteiger partial charge on any atom is -0.486 e. The highest BCUT2D eigenvalue weighted by molar-refractivity contribution is 5.67. The van der Waals surface area contributed by atoms with Crippen LogP contribution in [-0.4, -0.2) is 21.5 Å². The zero-order valence-electron chi connectivity index (χ0n) is 12.5. The van der Waals surface area contributed by atoms with Crippen LogP contribution >= 0.6 is 0 Å². The zero-order chi connectivity index (χ0) is 17.2. The maximum absolute atomic E-state index is 13.2. The van der Waals surface area contributed by atoms with E-state index in [4.69, 9.17) is 10.00 Å². The maximum atomic E-state index is 13.2. The number of hydrogen-bond acceptors (Lipinski definition) is 4. The number of ether oxygens (including phenoxy) is 1. The number of H-pyrrole nitrogens is 1. The molecule has 0 fully saturated rings. The molecule has 1 aliphatic rings. The quantitative estimate of drug-likeness (QED) is 0.865. The highest BCUT2D eigenvalue weighted by Gasteiger charge is 2.32. The van der Waals surface area contributed by atoms with Gasteiger partial charge in [0, 0.05) is 5.56 Å². The first-order chi connectivity index (χ1) is 11.5. The van der Waals surface area contributed by atoms with Gasteiger partial charge in [-0.05, 0) is 43.5 Å². The molecule has 0 bridgehead atoms. The fraction of sp³-hybridized carbons (Fsp3) is 0.312. The summed E-state index contributed by atoms with van der Waals surface area (Å²) in [5.74, 6) is 0.0864. The number of nitrogens with one attached hydrogen (secondary N) is 1. The Morgan fingerprint density at radius 1 is 1.29 bits per heavy atom. The van der Waals surface area contributed by atoms with Gasteiger partial charge in [0.2, 0.25) is 0 Å². The molecule has 1 unspecified atom stereocenters. The number of hydrogen-bond donors (Lipinski definition) is 1. The van der Waals surface area contributed by atoms with Gasteiger partial charge in [0.15, 0.2) is 5.69 Å². The van der Waals surface area contributed by atoms with E-state index in [0.717, 1.165) is 31.4 Å². The first-order valence-corrected chi connectivity index (χ1v) is 7.34. The van der Waals surface area contributed by atoms with Gasteiger partial charge in [-0.15, -0.1) is 5.10 Å². The van der Waals surface area contributed by atoms with E-state index in [1.165, 1.54) is 6.07 Å². The Labute approximate surface area is 135 Å². The minimum absolute atomic E-state index is 0.00200. The van der Waals surface area contributed by atoms with Crippen LogP contribution in [0.3, 0.4) is 0 Å². The largest absolute Gasteiger partial charge is 0.486 e. The highest BCUT2D eigenvalue weighted by Crippen LogP contribution is 2.36. The lowest BCUT2D eigenvalue weighted by molar-refractivity contribution is -0.137. The lowest BCUT2D eigenvalue weighted by Gasteiger charge is -2.20. The fourth-order valence-electron chi connectivity index (χ4n) is 2.53. The van der Waals surface area contributed by atoms with E-state index in [1.54, 1.807) is 0 Å². The highest BCUT2D eigenvalue weighted by atomic mass is 19.4. The number of nitriles is 1. The van der Waals surface area contributed by atoms with Gasteiger partial charge >= 0.3 is 6.18 Å². The molecule has 1 atom stereocenters. The normalized spacial score (nSPS) is 17.5. The van der Waals surface area contributed by atoms with Crippen molar-refractivity contribution < 1.29 is 17.9 Å². The van der Waals surface area contributed by atoms with E-state index in [9.17, 15) is 13.2 Å². The van der Waals surface area contributed by atoms with E-state index in [1.807, 2.05) is 18.2 Å². The molecule has 0 saturated carbocycles. The number of rotatable bonds is 3. The van der Waals surface area contributed by atoms with Crippen LogP contribution in [0.5, 0.6) is 5.75 Å². The average molecular weight is 334 g/mol. The van der Waals surface area contributed by atoms with Crippen LogP contribution in [0.2, 0.25) is 0 Å². The van der Waals surface area contributed by atoms with E-state index >= 15 is 0 Å². The van der Waals surface area contributed by atoms with Gasteiger partial charge in [-0.2, -0.15) is 18.4 Å². The molecule has 0 amide bonds. The van der Waals surface area contributed by atoms with Gasteiger partial charge in [-0.25, -0.2) is 5.10 Å². The lowest BCUT2D eigenvalue weighted by atomic mass is 10.0. The molecule has 1 heterocycles. The first kappa shape index (κ1) is 16.1. The van der Waals surface area contributed by atoms with Crippen molar-refractivity contribution in [2.45, 2.75) is 31.5 Å². The van der Waals surface area contributed by atoms with E-state index in [-0.39, 0.29) is 28.8 Å². The van der Waals surface area contributed by atoms with Gasteiger partial charge in [-0.3, -0.25) is 0 Å². The van der Waals surface area contributed by atoms with Gasteiger partial charge in [0.05, 0.1) is 5.56 Å². The number of allylic oxidation sites excluding steroid dienone is 1. The Hall–Kier alpha value is -2.82. The molecule has 3 rings (SSSR count). The predicted molar refractivity (Wildman–Crippen MR) is 78.9 cm³/mol.